The summed E-state index contributed by atoms with van der Waals surface area (Å²) in [6.45, 7) is 1.41. The molecule has 7 nitrogen and oxygen atoms in total. The molecule has 0 radical (unpaired) electrons. The molecular formula is C18H20N6O. The number of nitrogens with zero attached hydrogens (tertiary/aromatic N) is 5. The minimum absolute atomic E-state index is 0.00467. The summed E-state index contributed by atoms with van der Waals surface area (Å²) in [5.41, 5.74) is 1.06. The predicted molar refractivity (Wildman–Crippen MR) is 91.5 cm³/mol. The highest BCUT2D eigenvalue weighted by Crippen LogP contribution is 2.26. The molecule has 1 aromatic carbocycles. The number of aryl methyl sites for hydroxylation is 1. The van der Waals surface area contributed by atoms with Gasteiger partial charge in [0.15, 0.2) is 0 Å². The molecule has 0 fully saturated rings. The quantitative estimate of drug-likeness (QED) is 0.772. The maximum Gasteiger partial charge on any atom is 0.231 e. The van der Waals surface area contributed by atoms with Crippen molar-refractivity contribution in [2.45, 2.75) is 37.9 Å². The average molecular weight is 336 g/mol. The van der Waals surface area contributed by atoms with Crippen molar-refractivity contribution in [1.29, 1.82) is 0 Å². The van der Waals surface area contributed by atoms with Crippen LogP contribution in [0.15, 0.2) is 55.1 Å². The lowest BCUT2D eigenvalue weighted by molar-refractivity contribution is -0.124. The Labute approximate surface area is 145 Å². The summed E-state index contributed by atoms with van der Waals surface area (Å²) in [5, 5.41) is 11.7. The zero-order valence-electron chi connectivity index (χ0n) is 13.8. The van der Waals surface area contributed by atoms with E-state index in [1.165, 1.54) is 6.33 Å². The summed E-state index contributed by atoms with van der Waals surface area (Å²) in [7, 11) is 0. The van der Waals surface area contributed by atoms with Gasteiger partial charge in [-0.3, -0.25) is 9.48 Å². The molecule has 7 heteroatoms. The molecule has 4 rings (SSSR count). The number of rotatable bonds is 5. The van der Waals surface area contributed by atoms with Crippen LogP contribution in [0.3, 0.4) is 0 Å². The molecule has 0 saturated carbocycles. The molecule has 128 valence electrons. The Morgan fingerprint density at radius 1 is 1.24 bits per heavy atom. The van der Waals surface area contributed by atoms with Gasteiger partial charge < -0.3 is 5.32 Å². The molecule has 3 aromatic rings. The minimum atomic E-state index is -0.250. The van der Waals surface area contributed by atoms with E-state index in [1.54, 1.807) is 6.20 Å². The molecular weight excluding hydrogens is 316 g/mol. The van der Waals surface area contributed by atoms with Gasteiger partial charge in [0, 0.05) is 18.9 Å². The Hall–Kier alpha value is -2.96. The first kappa shape index (κ1) is 15.6. The lowest BCUT2D eigenvalue weighted by atomic mass is 9.97. The van der Waals surface area contributed by atoms with Crippen molar-refractivity contribution in [3.63, 3.8) is 0 Å². The first-order valence-electron chi connectivity index (χ1n) is 8.52. The van der Waals surface area contributed by atoms with Crippen molar-refractivity contribution in [3.05, 3.63) is 66.5 Å². The molecule has 2 atom stereocenters. The number of benzene rings is 1. The van der Waals surface area contributed by atoms with Crippen LogP contribution in [0.25, 0.3) is 0 Å². The van der Waals surface area contributed by atoms with Crippen molar-refractivity contribution < 1.29 is 4.79 Å². The molecule has 0 bridgehead atoms. The number of hydrogen-bond acceptors (Lipinski definition) is 4. The molecule has 1 aliphatic heterocycles. The van der Waals surface area contributed by atoms with E-state index >= 15 is 0 Å². The predicted octanol–water partition coefficient (Wildman–Crippen LogP) is 1.91. The topological polar surface area (TPSA) is 77.6 Å². The lowest BCUT2D eigenvalue weighted by Crippen LogP contribution is -2.37. The second-order valence-electron chi connectivity index (χ2n) is 6.24. The van der Waals surface area contributed by atoms with Crippen LogP contribution in [0.4, 0.5) is 0 Å². The van der Waals surface area contributed by atoms with Crippen LogP contribution < -0.4 is 5.32 Å². The number of nitrogens with one attached hydrogen (secondary N) is 1. The van der Waals surface area contributed by atoms with Crippen molar-refractivity contribution >= 4 is 5.91 Å². The Balaban J connectivity index is 1.55. The Bertz CT molecular complexity index is 826. The highest BCUT2D eigenvalue weighted by atomic mass is 16.2. The molecule has 1 amide bonds. The number of amides is 1. The smallest absolute Gasteiger partial charge is 0.231 e. The molecule has 1 N–H and O–H groups in total. The van der Waals surface area contributed by atoms with Crippen molar-refractivity contribution in [3.8, 4) is 0 Å². The van der Waals surface area contributed by atoms with Gasteiger partial charge >= 0.3 is 0 Å². The van der Waals surface area contributed by atoms with Gasteiger partial charge in [0.1, 0.15) is 12.2 Å². The van der Waals surface area contributed by atoms with E-state index in [2.05, 4.69) is 20.5 Å². The number of carbonyl (C=O) groups excluding carboxylic acids is 1. The van der Waals surface area contributed by atoms with Gasteiger partial charge in [0.25, 0.3) is 0 Å². The highest BCUT2D eigenvalue weighted by Gasteiger charge is 2.30. The maximum absolute atomic E-state index is 12.9. The van der Waals surface area contributed by atoms with E-state index in [-0.39, 0.29) is 17.9 Å². The zero-order chi connectivity index (χ0) is 17.1. The molecule has 0 aliphatic carbocycles. The monoisotopic (exact) mass is 336 g/mol. The molecule has 3 heterocycles. The SMILES string of the molecule is O=C(NC(Cn1cccn1)c1ccccc1)C1CCCn2ncnc21. The van der Waals surface area contributed by atoms with Crippen LogP contribution in [0.1, 0.15) is 36.2 Å². The summed E-state index contributed by atoms with van der Waals surface area (Å²) >= 11 is 0. The minimum Gasteiger partial charge on any atom is -0.347 e. The summed E-state index contributed by atoms with van der Waals surface area (Å²) in [6.07, 6.45) is 6.91. The van der Waals surface area contributed by atoms with E-state index in [0.29, 0.717) is 6.54 Å². The first-order valence-corrected chi connectivity index (χ1v) is 8.52. The average Bonchev–Trinajstić information content (AvgIpc) is 3.33. The second-order valence-corrected chi connectivity index (χ2v) is 6.24. The Kier molecular flexibility index (Phi) is 4.28. The van der Waals surface area contributed by atoms with Gasteiger partial charge in [0.05, 0.1) is 18.5 Å². The van der Waals surface area contributed by atoms with E-state index in [1.807, 2.05) is 52.0 Å². The number of fused-ring (bicyclic) bond motifs is 1. The summed E-state index contributed by atoms with van der Waals surface area (Å²) < 4.78 is 3.67. The van der Waals surface area contributed by atoms with Gasteiger partial charge in [-0.2, -0.15) is 10.2 Å². The molecule has 2 unspecified atom stereocenters. The van der Waals surface area contributed by atoms with E-state index in [9.17, 15) is 4.79 Å². The highest BCUT2D eigenvalue weighted by molar-refractivity contribution is 5.83. The van der Waals surface area contributed by atoms with Crippen LogP contribution in [0.2, 0.25) is 0 Å². The van der Waals surface area contributed by atoms with Gasteiger partial charge in [0.2, 0.25) is 5.91 Å². The summed E-state index contributed by atoms with van der Waals surface area (Å²) in [5.74, 6) is 0.504. The third-order valence-electron chi connectivity index (χ3n) is 4.58. The number of aromatic nitrogens is 5. The Morgan fingerprint density at radius 3 is 2.92 bits per heavy atom. The van der Waals surface area contributed by atoms with Crippen LogP contribution in [0.5, 0.6) is 0 Å². The summed E-state index contributed by atoms with van der Waals surface area (Å²) in [4.78, 5) is 17.2. The third-order valence-corrected chi connectivity index (χ3v) is 4.58. The van der Waals surface area contributed by atoms with E-state index in [4.69, 9.17) is 0 Å². The molecule has 25 heavy (non-hydrogen) atoms. The number of carbonyl (C=O) groups is 1. The summed E-state index contributed by atoms with van der Waals surface area (Å²) in [6, 6.07) is 11.7. The molecule has 1 aliphatic rings. The largest absolute Gasteiger partial charge is 0.347 e. The second kappa shape index (κ2) is 6.88. The van der Waals surface area contributed by atoms with Gasteiger partial charge in [-0.05, 0) is 24.5 Å². The van der Waals surface area contributed by atoms with Crippen molar-refractivity contribution in [2.24, 2.45) is 0 Å². The number of hydrogen-bond donors (Lipinski definition) is 1. The van der Waals surface area contributed by atoms with Crippen LogP contribution in [-0.2, 0) is 17.9 Å². The fourth-order valence-corrected chi connectivity index (χ4v) is 3.33. The normalized spacial score (nSPS) is 17.7. The van der Waals surface area contributed by atoms with Crippen LogP contribution >= 0.6 is 0 Å². The van der Waals surface area contributed by atoms with Crippen LogP contribution in [0, 0.1) is 0 Å². The van der Waals surface area contributed by atoms with Gasteiger partial charge in [-0.1, -0.05) is 30.3 Å². The van der Waals surface area contributed by atoms with Crippen LogP contribution in [-0.4, -0.2) is 30.5 Å². The molecule has 0 spiro atoms. The van der Waals surface area contributed by atoms with Crippen molar-refractivity contribution in [2.75, 3.05) is 0 Å². The Morgan fingerprint density at radius 2 is 2.12 bits per heavy atom. The zero-order valence-corrected chi connectivity index (χ0v) is 13.8. The maximum atomic E-state index is 12.9. The standard InChI is InChI=1S/C18H20N6O/c25-18(15-8-4-11-24-17(15)19-13-21-24)22-16(12-23-10-5-9-20-23)14-6-2-1-3-7-14/h1-3,5-7,9-10,13,15-16H,4,8,11-12H2,(H,22,25). The van der Waals surface area contributed by atoms with Gasteiger partial charge in [-0.15, -0.1) is 0 Å². The van der Waals surface area contributed by atoms with E-state index < -0.39 is 0 Å². The molecule has 2 aromatic heterocycles. The third kappa shape index (κ3) is 3.31. The molecule has 0 saturated heterocycles. The van der Waals surface area contributed by atoms with E-state index in [0.717, 1.165) is 30.8 Å². The van der Waals surface area contributed by atoms with Crippen molar-refractivity contribution in [1.82, 2.24) is 29.9 Å². The van der Waals surface area contributed by atoms with Gasteiger partial charge in [-0.25, -0.2) is 9.67 Å². The lowest BCUT2D eigenvalue weighted by Gasteiger charge is -2.25. The fourth-order valence-electron chi connectivity index (χ4n) is 3.33. The first-order chi connectivity index (χ1) is 12.3. The fraction of sp³-hybridized carbons (Fsp3) is 0.333.